The first kappa shape index (κ1) is 44.5. The van der Waals surface area contributed by atoms with Gasteiger partial charge in [0.1, 0.15) is 29.0 Å². The van der Waals surface area contributed by atoms with Crippen molar-refractivity contribution in [2.45, 2.75) is 62.4 Å². The molecule has 2 fully saturated rings. The lowest BCUT2D eigenvalue weighted by molar-refractivity contribution is 0.322. The summed E-state index contributed by atoms with van der Waals surface area (Å²) in [5.41, 5.74) is 15.0. The molecule has 316 valence electrons. The van der Waals surface area contributed by atoms with E-state index < -0.39 is 0 Å². The summed E-state index contributed by atoms with van der Waals surface area (Å²) in [5, 5.41) is 28.9. The van der Waals surface area contributed by atoms with Gasteiger partial charge in [0.15, 0.2) is 11.3 Å². The predicted octanol–water partition coefficient (Wildman–Crippen LogP) is 9.21. The Morgan fingerprint density at radius 1 is 0.800 bits per heavy atom. The second-order valence-electron chi connectivity index (χ2n) is 13.6. The van der Waals surface area contributed by atoms with Crippen LogP contribution in [-0.4, -0.2) is 79.1 Å². The number of allylic oxidation sites excluding steroid dienone is 1. The third-order valence-corrected chi connectivity index (χ3v) is 13.1. The number of aliphatic hydroxyl groups excluding tert-OH is 1. The second kappa shape index (κ2) is 22.5. The summed E-state index contributed by atoms with van der Waals surface area (Å²) in [6.45, 7) is 13.6. The number of anilines is 5. The van der Waals surface area contributed by atoms with Gasteiger partial charge in [0, 0.05) is 69.8 Å². The maximum atomic E-state index is 8.92. The number of hydrogen-bond donors (Lipinski definition) is 4. The summed E-state index contributed by atoms with van der Waals surface area (Å²) in [4.78, 5) is 22.0. The van der Waals surface area contributed by atoms with Crippen LogP contribution in [0.3, 0.4) is 0 Å². The van der Waals surface area contributed by atoms with Gasteiger partial charge in [0.2, 0.25) is 0 Å². The van der Waals surface area contributed by atoms with Crippen molar-refractivity contribution in [2.75, 3.05) is 64.7 Å². The lowest BCUT2D eigenvalue weighted by atomic mass is 10.3. The highest BCUT2D eigenvalue weighted by Crippen LogP contribution is 2.31. The van der Waals surface area contributed by atoms with Gasteiger partial charge in [0.05, 0.1) is 37.0 Å². The van der Waals surface area contributed by atoms with Crippen LogP contribution in [0.25, 0.3) is 11.3 Å². The van der Waals surface area contributed by atoms with Crippen molar-refractivity contribution in [1.82, 2.24) is 29.2 Å². The van der Waals surface area contributed by atoms with E-state index in [1.807, 2.05) is 62.5 Å². The molecule has 2 aliphatic heterocycles. The molecule has 0 bridgehead atoms. The number of nitrogens with one attached hydrogen (secondary N) is 1. The molecule has 2 aliphatic rings. The van der Waals surface area contributed by atoms with Crippen molar-refractivity contribution in [1.29, 1.82) is 5.41 Å². The molecule has 0 unspecified atom stereocenters. The van der Waals surface area contributed by atoms with Crippen molar-refractivity contribution < 1.29 is 5.11 Å². The zero-order valence-electron chi connectivity index (χ0n) is 34.2. The van der Waals surface area contributed by atoms with Crippen molar-refractivity contribution in [3.8, 4) is 0 Å². The van der Waals surface area contributed by atoms with Gasteiger partial charge in [0.25, 0.3) is 0 Å². The van der Waals surface area contributed by atoms with Gasteiger partial charge in [-0.15, -0.1) is 34.4 Å². The number of thiophene rings is 2. The fourth-order valence-corrected chi connectivity index (χ4v) is 9.48. The summed E-state index contributed by atoms with van der Waals surface area (Å²) in [7, 11) is 0. The van der Waals surface area contributed by atoms with Crippen molar-refractivity contribution in [3.63, 3.8) is 0 Å². The quantitative estimate of drug-likeness (QED) is 0.0642. The number of nitrogens with two attached hydrogens (primary N) is 2. The van der Waals surface area contributed by atoms with Crippen LogP contribution < -0.4 is 26.2 Å². The maximum absolute atomic E-state index is 8.92. The highest BCUT2D eigenvalue weighted by atomic mass is 32.2. The molecule has 0 amide bonds. The summed E-state index contributed by atoms with van der Waals surface area (Å²) in [5.74, 6) is 3.75. The number of aliphatic hydroxyl groups is 1. The monoisotopic (exact) mass is 882 g/mol. The molecule has 0 spiro atoms. The van der Waals surface area contributed by atoms with E-state index in [9.17, 15) is 0 Å². The Kier molecular flexibility index (Phi) is 16.7. The van der Waals surface area contributed by atoms with Gasteiger partial charge in [-0.3, -0.25) is 0 Å². The van der Waals surface area contributed by atoms with E-state index in [1.165, 1.54) is 53.4 Å². The SMILES string of the molecule is C=C(C=N)Sc1ccccc1.CC.Nc1cc(N2CCCC2)nc2c(N(Cc3cccs3)Cc3cccs3)cnn12.Nc1cc(N2CCCC2)nc2c(SCCO)cnn12. The summed E-state index contributed by atoms with van der Waals surface area (Å²) in [6, 6.07) is 22.3. The van der Waals surface area contributed by atoms with Gasteiger partial charge >= 0.3 is 0 Å². The number of hydrogen-bond acceptors (Lipinski definition) is 15. The van der Waals surface area contributed by atoms with Crippen LogP contribution in [0.15, 0.2) is 111 Å². The summed E-state index contributed by atoms with van der Waals surface area (Å²) >= 11 is 6.60. The van der Waals surface area contributed by atoms with Gasteiger partial charge < -0.3 is 36.7 Å². The molecule has 17 heteroatoms. The van der Waals surface area contributed by atoms with Crippen LogP contribution >= 0.6 is 46.2 Å². The van der Waals surface area contributed by atoms with Crippen molar-refractivity contribution >= 4 is 92.7 Å². The first-order valence-corrected chi connectivity index (χ1v) is 23.7. The molecular weight excluding hydrogens is 829 g/mol. The lowest BCUT2D eigenvalue weighted by Gasteiger charge is -2.23. The van der Waals surface area contributed by atoms with E-state index in [-0.39, 0.29) is 6.61 Å². The Labute approximate surface area is 368 Å². The Balaban J connectivity index is 0.000000163. The second-order valence-corrected chi connectivity index (χ2v) is 18.0. The number of nitrogens with zero attached hydrogens (tertiary/aromatic N) is 9. The van der Waals surface area contributed by atoms with E-state index >= 15 is 0 Å². The van der Waals surface area contributed by atoms with E-state index in [0.717, 1.165) is 82.6 Å². The Morgan fingerprint density at radius 2 is 1.33 bits per heavy atom. The zero-order chi connectivity index (χ0) is 42.3. The average Bonchev–Trinajstić information content (AvgIpc) is 4.13. The van der Waals surface area contributed by atoms with Gasteiger partial charge in [-0.25, -0.2) is 9.97 Å². The number of nitrogen functional groups attached to an aromatic ring is 2. The number of benzene rings is 1. The highest BCUT2D eigenvalue weighted by molar-refractivity contribution is 8.03. The van der Waals surface area contributed by atoms with Crippen LogP contribution in [0.1, 0.15) is 49.3 Å². The molecule has 60 heavy (non-hydrogen) atoms. The summed E-state index contributed by atoms with van der Waals surface area (Å²) < 4.78 is 3.41. The number of thioether (sulfide) groups is 2. The highest BCUT2D eigenvalue weighted by Gasteiger charge is 2.21. The van der Waals surface area contributed by atoms with Crippen molar-refractivity contribution in [3.05, 3.63) is 111 Å². The number of aromatic nitrogens is 6. The Morgan fingerprint density at radius 3 is 1.85 bits per heavy atom. The molecule has 7 aromatic rings. The number of fused-ring (bicyclic) bond motifs is 2. The predicted molar refractivity (Wildman–Crippen MR) is 256 cm³/mol. The molecule has 6 aromatic heterocycles. The zero-order valence-corrected chi connectivity index (χ0v) is 37.5. The van der Waals surface area contributed by atoms with Crippen molar-refractivity contribution in [2.24, 2.45) is 0 Å². The molecule has 9 rings (SSSR count). The molecule has 6 N–H and O–H groups in total. The van der Waals surface area contributed by atoms with E-state index in [4.69, 9.17) is 27.0 Å². The van der Waals surface area contributed by atoms with E-state index in [2.05, 4.69) is 71.5 Å². The van der Waals surface area contributed by atoms with Gasteiger partial charge in [-0.05, 0) is 60.7 Å². The van der Waals surface area contributed by atoms with Crippen LogP contribution in [0.4, 0.5) is 29.0 Å². The largest absolute Gasteiger partial charge is 0.396 e. The normalized spacial score (nSPS) is 13.3. The Bertz CT molecular complexity index is 2330. The minimum Gasteiger partial charge on any atom is -0.396 e. The maximum Gasteiger partial charge on any atom is 0.183 e. The first-order chi connectivity index (χ1) is 29.4. The molecule has 0 radical (unpaired) electrons. The van der Waals surface area contributed by atoms with Gasteiger partial charge in [-0.2, -0.15) is 19.2 Å². The first-order valence-electron chi connectivity index (χ1n) is 20.1. The average molecular weight is 883 g/mol. The number of rotatable bonds is 13. The van der Waals surface area contributed by atoms with Crippen LogP contribution in [0.5, 0.6) is 0 Å². The standard InChI is InChI=1S/C20H22N6S2.C12H17N5OS.C9H9NS.C2H6/c21-18-11-19(24-7-1-2-8-24)23-20-17(12-22-26(18)20)25(13-15-5-3-9-27-15)14-16-6-4-10-28-16;13-10-7-11(16-3-1-2-4-16)15-12-9(19-6-5-18)8-14-17(10)12;1-8(7-10)11-9-5-3-2-4-6-9;1-2/h3-6,9-12H,1-2,7-8,13-14,21H2;7-8,18H,1-6,13H2;2-7,10H,1H2;1-2H3. The van der Waals surface area contributed by atoms with Gasteiger partial charge in [-0.1, -0.05) is 62.5 Å². The fourth-order valence-electron chi connectivity index (χ4n) is 6.69. The topological polar surface area (TPSA) is 166 Å². The molecule has 2 saturated heterocycles. The molecular formula is C43H54N12OS4. The fraction of sp³-hybridized carbons (Fsp3) is 0.326. The molecule has 13 nitrogen and oxygen atoms in total. The lowest BCUT2D eigenvalue weighted by Crippen LogP contribution is -2.22. The molecule has 1 aromatic carbocycles. The summed E-state index contributed by atoms with van der Waals surface area (Å²) in [6.07, 6.45) is 9.75. The molecule has 0 saturated carbocycles. The van der Waals surface area contributed by atoms with Crippen LogP contribution in [-0.2, 0) is 13.1 Å². The van der Waals surface area contributed by atoms with Crippen LogP contribution in [0, 0.1) is 5.41 Å². The molecule has 8 heterocycles. The van der Waals surface area contributed by atoms with Crippen LogP contribution in [0.2, 0.25) is 0 Å². The minimum absolute atomic E-state index is 0.142. The minimum atomic E-state index is 0.142. The molecule has 0 atom stereocenters. The molecule has 0 aliphatic carbocycles. The third-order valence-electron chi connectivity index (χ3n) is 9.48. The smallest absolute Gasteiger partial charge is 0.183 e. The third kappa shape index (κ3) is 11.6. The Hall–Kier alpha value is -5.07. The van der Waals surface area contributed by atoms with E-state index in [1.54, 1.807) is 49.7 Å². The van der Waals surface area contributed by atoms with E-state index in [0.29, 0.717) is 17.4 Å².